The average molecular weight is 352 g/mol. The Morgan fingerprint density at radius 3 is 2.84 bits per heavy atom. The van der Waals surface area contributed by atoms with Crippen molar-refractivity contribution in [3.63, 3.8) is 0 Å². The molecule has 1 aliphatic heterocycles. The number of hydrogen-bond donors (Lipinski definition) is 1. The fourth-order valence-corrected chi connectivity index (χ4v) is 2.52. The number of hydrogen-bond acceptors (Lipinski definition) is 5. The van der Waals surface area contributed by atoms with Crippen molar-refractivity contribution in [2.45, 2.75) is 32.0 Å². The molecule has 0 bridgehead atoms. The van der Waals surface area contributed by atoms with Gasteiger partial charge < -0.3 is 19.3 Å². The molecule has 0 radical (unpaired) electrons. The van der Waals surface area contributed by atoms with Crippen LogP contribution in [0.2, 0.25) is 0 Å². The van der Waals surface area contributed by atoms with Gasteiger partial charge in [0.05, 0.1) is 6.10 Å². The smallest absolute Gasteiger partial charge is 0.273 e. The number of benzene rings is 1. The highest BCUT2D eigenvalue weighted by Crippen LogP contribution is 2.22. The number of nitrogens with one attached hydrogen (secondary N) is 1. The summed E-state index contributed by atoms with van der Waals surface area (Å²) in [5.41, 5.74) is 0.0726. The van der Waals surface area contributed by atoms with Gasteiger partial charge in [0.15, 0.2) is 28.8 Å². The van der Waals surface area contributed by atoms with E-state index in [0.29, 0.717) is 13.2 Å². The van der Waals surface area contributed by atoms with Gasteiger partial charge in [0.2, 0.25) is 0 Å². The lowest BCUT2D eigenvalue weighted by Gasteiger charge is -2.22. The molecule has 1 amide bonds. The standard InChI is InChI=1S/C17H18F2N2O4/c18-13-5-3-6-14(19)16(13)24-10-12-8-15(21-25-12)17(22)20-9-11-4-1-2-7-23-11/h3,5-6,8,11H,1-2,4,7,9-10H2,(H,20,22)/t11-/m0/s1. The Hall–Kier alpha value is -2.48. The van der Waals surface area contributed by atoms with Gasteiger partial charge in [0.25, 0.3) is 5.91 Å². The van der Waals surface area contributed by atoms with Crippen LogP contribution in [0.15, 0.2) is 28.8 Å². The van der Waals surface area contributed by atoms with Gasteiger partial charge in [-0.25, -0.2) is 8.78 Å². The minimum absolute atomic E-state index is 0.0106. The summed E-state index contributed by atoms with van der Waals surface area (Å²) in [6.07, 6.45) is 3.04. The van der Waals surface area contributed by atoms with Crippen molar-refractivity contribution in [3.05, 3.63) is 47.4 Å². The Morgan fingerprint density at radius 1 is 1.32 bits per heavy atom. The van der Waals surface area contributed by atoms with E-state index >= 15 is 0 Å². The largest absolute Gasteiger partial charge is 0.479 e. The van der Waals surface area contributed by atoms with E-state index in [2.05, 4.69) is 10.5 Å². The molecule has 2 aromatic rings. The van der Waals surface area contributed by atoms with E-state index in [1.165, 1.54) is 12.1 Å². The molecule has 1 N–H and O–H groups in total. The number of nitrogens with zero attached hydrogens (tertiary/aromatic N) is 1. The van der Waals surface area contributed by atoms with E-state index < -0.39 is 23.3 Å². The van der Waals surface area contributed by atoms with Crippen molar-refractivity contribution in [1.29, 1.82) is 0 Å². The van der Waals surface area contributed by atoms with Crippen molar-refractivity contribution >= 4 is 5.91 Å². The van der Waals surface area contributed by atoms with Crippen LogP contribution in [0.5, 0.6) is 5.75 Å². The molecular weight excluding hydrogens is 334 g/mol. The Balaban J connectivity index is 1.52. The summed E-state index contributed by atoms with van der Waals surface area (Å²) in [5, 5.41) is 6.37. The molecular formula is C17H18F2N2O4. The minimum atomic E-state index is -0.815. The summed E-state index contributed by atoms with van der Waals surface area (Å²) in [4.78, 5) is 12.0. The quantitative estimate of drug-likeness (QED) is 0.865. The maximum absolute atomic E-state index is 13.5. The summed E-state index contributed by atoms with van der Waals surface area (Å²) >= 11 is 0. The molecule has 25 heavy (non-hydrogen) atoms. The summed E-state index contributed by atoms with van der Waals surface area (Å²) in [6, 6.07) is 4.79. The highest BCUT2D eigenvalue weighted by Gasteiger charge is 2.18. The number of carbonyl (C=O) groups excluding carboxylic acids is 1. The Morgan fingerprint density at radius 2 is 2.12 bits per heavy atom. The first kappa shape index (κ1) is 17.3. The Kier molecular flexibility index (Phi) is 5.60. The number of rotatable bonds is 6. The first-order valence-corrected chi connectivity index (χ1v) is 8.05. The van der Waals surface area contributed by atoms with Gasteiger partial charge >= 0.3 is 0 Å². The van der Waals surface area contributed by atoms with Gasteiger partial charge in [-0.3, -0.25) is 4.79 Å². The minimum Gasteiger partial charge on any atom is -0.479 e. The molecule has 8 heteroatoms. The van der Waals surface area contributed by atoms with Crippen molar-refractivity contribution in [2.75, 3.05) is 13.2 Å². The highest BCUT2D eigenvalue weighted by molar-refractivity contribution is 5.92. The van der Waals surface area contributed by atoms with E-state index in [0.717, 1.165) is 31.4 Å². The molecule has 134 valence electrons. The molecule has 1 aromatic heterocycles. The monoisotopic (exact) mass is 352 g/mol. The zero-order valence-corrected chi connectivity index (χ0v) is 13.5. The Bertz CT molecular complexity index is 709. The fourth-order valence-electron chi connectivity index (χ4n) is 2.52. The molecule has 1 aromatic carbocycles. The van der Waals surface area contributed by atoms with Gasteiger partial charge in [-0.15, -0.1) is 0 Å². The SMILES string of the molecule is O=C(NC[C@@H]1CCCCO1)c1cc(COc2c(F)cccc2F)on1. The van der Waals surface area contributed by atoms with E-state index in [4.69, 9.17) is 14.0 Å². The van der Waals surface area contributed by atoms with E-state index in [9.17, 15) is 13.6 Å². The molecule has 2 heterocycles. The second-order valence-corrected chi connectivity index (χ2v) is 5.72. The van der Waals surface area contributed by atoms with Crippen LogP contribution in [0.3, 0.4) is 0 Å². The van der Waals surface area contributed by atoms with Gasteiger partial charge in [-0.05, 0) is 31.4 Å². The number of aromatic nitrogens is 1. The fraction of sp³-hybridized carbons (Fsp3) is 0.412. The molecule has 3 rings (SSSR count). The first-order valence-electron chi connectivity index (χ1n) is 8.05. The van der Waals surface area contributed by atoms with Crippen molar-refractivity contribution in [2.24, 2.45) is 0 Å². The van der Waals surface area contributed by atoms with Crippen LogP contribution in [0.4, 0.5) is 8.78 Å². The molecule has 0 aliphatic carbocycles. The number of ether oxygens (including phenoxy) is 2. The van der Waals surface area contributed by atoms with Gasteiger partial charge in [-0.1, -0.05) is 11.2 Å². The molecule has 6 nitrogen and oxygen atoms in total. The number of carbonyl (C=O) groups is 1. The van der Waals surface area contributed by atoms with Gasteiger partial charge in [0.1, 0.15) is 6.61 Å². The molecule has 0 spiro atoms. The van der Waals surface area contributed by atoms with Crippen LogP contribution in [-0.4, -0.2) is 30.3 Å². The van der Waals surface area contributed by atoms with Gasteiger partial charge in [0, 0.05) is 19.2 Å². The second kappa shape index (κ2) is 8.06. The second-order valence-electron chi connectivity index (χ2n) is 5.72. The van der Waals surface area contributed by atoms with Crippen molar-refractivity contribution in [3.8, 4) is 5.75 Å². The summed E-state index contributed by atoms with van der Waals surface area (Å²) in [5.74, 6) is -2.35. The van der Waals surface area contributed by atoms with Crippen LogP contribution in [0.25, 0.3) is 0 Å². The molecule has 1 atom stereocenters. The van der Waals surface area contributed by atoms with Crippen LogP contribution >= 0.6 is 0 Å². The summed E-state index contributed by atoms with van der Waals surface area (Å²) in [7, 11) is 0. The maximum Gasteiger partial charge on any atom is 0.273 e. The summed E-state index contributed by atoms with van der Waals surface area (Å²) in [6.45, 7) is 0.862. The van der Waals surface area contributed by atoms with E-state index in [1.54, 1.807) is 0 Å². The predicted octanol–water partition coefficient (Wildman–Crippen LogP) is 2.83. The zero-order chi connectivity index (χ0) is 17.6. The molecule has 1 saturated heterocycles. The maximum atomic E-state index is 13.5. The third-order valence-corrected chi connectivity index (χ3v) is 3.83. The number of amides is 1. The van der Waals surface area contributed by atoms with Crippen LogP contribution in [-0.2, 0) is 11.3 Å². The topological polar surface area (TPSA) is 73.6 Å². The van der Waals surface area contributed by atoms with E-state index in [1.807, 2.05) is 0 Å². The number of halogens is 2. The van der Waals surface area contributed by atoms with Crippen molar-refractivity contribution < 1.29 is 27.6 Å². The zero-order valence-electron chi connectivity index (χ0n) is 13.5. The molecule has 1 aliphatic rings. The van der Waals surface area contributed by atoms with Crippen molar-refractivity contribution in [1.82, 2.24) is 10.5 Å². The normalized spacial score (nSPS) is 17.3. The van der Waals surface area contributed by atoms with Crippen LogP contribution in [0.1, 0.15) is 35.5 Å². The lowest BCUT2D eigenvalue weighted by Crippen LogP contribution is -2.35. The Labute approximate surface area is 143 Å². The molecule has 1 fully saturated rings. The van der Waals surface area contributed by atoms with Crippen LogP contribution in [0, 0.1) is 11.6 Å². The first-order chi connectivity index (χ1) is 12.1. The summed E-state index contributed by atoms with van der Waals surface area (Å²) < 4.78 is 42.5. The third-order valence-electron chi connectivity index (χ3n) is 3.83. The third kappa shape index (κ3) is 4.54. The molecule has 0 saturated carbocycles. The van der Waals surface area contributed by atoms with Gasteiger partial charge in [-0.2, -0.15) is 0 Å². The lowest BCUT2D eigenvalue weighted by atomic mass is 10.1. The average Bonchev–Trinajstić information content (AvgIpc) is 3.09. The lowest BCUT2D eigenvalue weighted by molar-refractivity contribution is 0.0168. The molecule has 0 unspecified atom stereocenters. The highest BCUT2D eigenvalue weighted by atomic mass is 19.1. The van der Waals surface area contributed by atoms with Crippen LogP contribution < -0.4 is 10.1 Å². The van der Waals surface area contributed by atoms with E-state index in [-0.39, 0.29) is 24.2 Å². The number of para-hydroxylation sites is 1. The predicted molar refractivity (Wildman–Crippen MR) is 83.1 cm³/mol.